The van der Waals surface area contributed by atoms with Gasteiger partial charge in [0.05, 0.1) is 16.2 Å². The van der Waals surface area contributed by atoms with Crippen LogP contribution in [0.15, 0.2) is 42.5 Å². The number of hydrogen-bond donors (Lipinski definition) is 3. The summed E-state index contributed by atoms with van der Waals surface area (Å²) in [6.45, 7) is 6.20. The van der Waals surface area contributed by atoms with Crippen LogP contribution in [0.3, 0.4) is 0 Å². The average Bonchev–Trinajstić information content (AvgIpc) is 2.68. The van der Waals surface area contributed by atoms with Crippen molar-refractivity contribution in [3.8, 4) is 0 Å². The van der Waals surface area contributed by atoms with Gasteiger partial charge < -0.3 is 16.0 Å². The number of rotatable bonds is 8. The summed E-state index contributed by atoms with van der Waals surface area (Å²) in [6, 6.07) is 10.9. The first kappa shape index (κ1) is 20.9. The molecule has 8 heteroatoms. The standard InChI is InChI=1S/C20H24N4O4/c1-4-13(3)22-20(26)15-8-6-7-9-16(15)23-19(25)14-10-11-17(21-5-2)18(12-14)24(27)28/h6-13,21H,4-5H2,1-3H3,(H,22,26)(H,23,25). The molecule has 0 heterocycles. The van der Waals surface area contributed by atoms with Crippen LogP contribution in [-0.4, -0.2) is 29.3 Å². The second-order valence-electron chi connectivity index (χ2n) is 6.30. The Morgan fingerprint density at radius 1 is 1.07 bits per heavy atom. The van der Waals surface area contributed by atoms with Crippen molar-refractivity contribution in [3.05, 3.63) is 63.7 Å². The van der Waals surface area contributed by atoms with Crippen LogP contribution in [0.25, 0.3) is 0 Å². The molecule has 0 aliphatic rings. The summed E-state index contributed by atoms with van der Waals surface area (Å²) >= 11 is 0. The van der Waals surface area contributed by atoms with E-state index in [0.717, 1.165) is 6.42 Å². The fraction of sp³-hybridized carbons (Fsp3) is 0.300. The molecule has 148 valence electrons. The summed E-state index contributed by atoms with van der Waals surface area (Å²) < 4.78 is 0. The van der Waals surface area contributed by atoms with E-state index in [2.05, 4.69) is 16.0 Å². The number of anilines is 2. The molecule has 0 bridgehead atoms. The highest BCUT2D eigenvalue weighted by atomic mass is 16.6. The molecule has 1 unspecified atom stereocenters. The maximum absolute atomic E-state index is 12.6. The molecule has 0 aliphatic carbocycles. The van der Waals surface area contributed by atoms with E-state index < -0.39 is 10.8 Å². The van der Waals surface area contributed by atoms with Gasteiger partial charge in [-0.1, -0.05) is 19.1 Å². The molecule has 28 heavy (non-hydrogen) atoms. The van der Waals surface area contributed by atoms with E-state index in [0.29, 0.717) is 23.5 Å². The van der Waals surface area contributed by atoms with Gasteiger partial charge in [0.1, 0.15) is 5.69 Å². The van der Waals surface area contributed by atoms with Crippen molar-refractivity contribution in [1.29, 1.82) is 0 Å². The second-order valence-corrected chi connectivity index (χ2v) is 6.30. The molecule has 8 nitrogen and oxygen atoms in total. The summed E-state index contributed by atoms with van der Waals surface area (Å²) in [5.74, 6) is -0.825. The van der Waals surface area contributed by atoms with E-state index in [1.807, 2.05) is 20.8 Å². The lowest BCUT2D eigenvalue weighted by Crippen LogP contribution is -2.32. The highest BCUT2D eigenvalue weighted by Gasteiger charge is 2.19. The molecular formula is C20H24N4O4. The highest BCUT2D eigenvalue weighted by Crippen LogP contribution is 2.26. The number of nitro benzene ring substituents is 1. The quantitative estimate of drug-likeness (QED) is 0.473. The lowest BCUT2D eigenvalue weighted by atomic mass is 10.1. The van der Waals surface area contributed by atoms with E-state index in [1.54, 1.807) is 24.3 Å². The van der Waals surface area contributed by atoms with Gasteiger partial charge in [0, 0.05) is 24.2 Å². The fourth-order valence-electron chi connectivity index (χ4n) is 2.55. The summed E-state index contributed by atoms with van der Waals surface area (Å²) in [7, 11) is 0. The Balaban J connectivity index is 2.27. The summed E-state index contributed by atoms with van der Waals surface area (Å²) in [5.41, 5.74) is 0.960. The molecule has 0 aliphatic heterocycles. The van der Waals surface area contributed by atoms with E-state index in [9.17, 15) is 19.7 Å². The Kier molecular flexibility index (Phi) is 7.08. The van der Waals surface area contributed by atoms with Gasteiger partial charge in [0.15, 0.2) is 0 Å². The molecule has 0 aromatic heterocycles. The third-order valence-corrected chi connectivity index (χ3v) is 4.23. The van der Waals surface area contributed by atoms with Gasteiger partial charge in [-0.3, -0.25) is 19.7 Å². The van der Waals surface area contributed by atoms with Crippen molar-refractivity contribution < 1.29 is 14.5 Å². The van der Waals surface area contributed by atoms with Gasteiger partial charge in [0.25, 0.3) is 17.5 Å². The molecule has 0 saturated carbocycles. The van der Waals surface area contributed by atoms with Gasteiger partial charge in [-0.15, -0.1) is 0 Å². The fourth-order valence-corrected chi connectivity index (χ4v) is 2.55. The Morgan fingerprint density at radius 3 is 2.43 bits per heavy atom. The molecule has 0 fully saturated rings. The Bertz CT molecular complexity index is 882. The van der Waals surface area contributed by atoms with Crippen molar-refractivity contribution in [1.82, 2.24) is 5.32 Å². The minimum Gasteiger partial charge on any atom is -0.380 e. The lowest BCUT2D eigenvalue weighted by Gasteiger charge is -2.15. The summed E-state index contributed by atoms with van der Waals surface area (Å²) in [4.78, 5) is 35.8. The molecule has 2 aromatic rings. The van der Waals surface area contributed by atoms with Gasteiger partial charge in [-0.2, -0.15) is 0 Å². The third-order valence-electron chi connectivity index (χ3n) is 4.23. The van der Waals surface area contributed by atoms with Crippen molar-refractivity contribution in [2.75, 3.05) is 17.2 Å². The van der Waals surface area contributed by atoms with Crippen molar-refractivity contribution >= 4 is 28.9 Å². The van der Waals surface area contributed by atoms with Crippen LogP contribution in [0.5, 0.6) is 0 Å². The first-order valence-electron chi connectivity index (χ1n) is 9.10. The van der Waals surface area contributed by atoms with Crippen molar-refractivity contribution in [2.24, 2.45) is 0 Å². The van der Waals surface area contributed by atoms with Crippen LogP contribution in [0.2, 0.25) is 0 Å². The normalized spacial score (nSPS) is 11.4. The van der Waals surface area contributed by atoms with Crippen LogP contribution in [0.1, 0.15) is 47.9 Å². The number of benzene rings is 2. The topological polar surface area (TPSA) is 113 Å². The number of hydrogen-bond acceptors (Lipinski definition) is 5. The van der Waals surface area contributed by atoms with Crippen molar-refractivity contribution in [3.63, 3.8) is 0 Å². The van der Waals surface area contributed by atoms with Crippen LogP contribution in [-0.2, 0) is 0 Å². The Morgan fingerprint density at radius 2 is 1.79 bits per heavy atom. The zero-order valence-corrected chi connectivity index (χ0v) is 16.1. The zero-order chi connectivity index (χ0) is 20.7. The van der Waals surface area contributed by atoms with E-state index in [4.69, 9.17) is 0 Å². The third kappa shape index (κ3) is 5.06. The van der Waals surface area contributed by atoms with Crippen LogP contribution >= 0.6 is 0 Å². The predicted molar refractivity (Wildman–Crippen MR) is 109 cm³/mol. The predicted octanol–water partition coefficient (Wildman–Crippen LogP) is 3.81. The average molecular weight is 384 g/mol. The number of nitrogens with zero attached hydrogens (tertiary/aromatic N) is 1. The Labute approximate surface area is 163 Å². The van der Waals surface area contributed by atoms with Gasteiger partial charge >= 0.3 is 0 Å². The summed E-state index contributed by atoms with van der Waals surface area (Å²) in [6.07, 6.45) is 0.780. The van der Waals surface area contributed by atoms with Crippen LogP contribution in [0, 0.1) is 10.1 Å². The van der Waals surface area contributed by atoms with E-state index >= 15 is 0 Å². The minimum atomic E-state index is -0.539. The van der Waals surface area contributed by atoms with Crippen LogP contribution in [0.4, 0.5) is 17.1 Å². The first-order chi connectivity index (χ1) is 13.4. The monoisotopic (exact) mass is 384 g/mol. The van der Waals surface area contributed by atoms with E-state index in [1.165, 1.54) is 18.2 Å². The molecule has 2 amide bonds. The Hall–Kier alpha value is -3.42. The molecule has 3 N–H and O–H groups in total. The summed E-state index contributed by atoms with van der Waals surface area (Å²) in [5, 5.41) is 19.7. The number of carbonyl (C=O) groups is 2. The van der Waals surface area contributed by atoms with Gasteiger partial charge in [0.2, 0.25) is 0 Å². The number of carbonyl (C=O) groups excluding carboxylic acids is 2. The number of para-hydroxylation sites is 1. The molecule has 0 saturated heterocycles. The highest BCUT2D eigenvalue weighted by molar-refractivity contribution is 6.09. The van der Waals surface area contributed by atoms with Crippen molar-refractivity contribution in [2.45, 2.75) is 33.2 Å². The molecular weight excluding hydrogens is 360 g/mol. The largest absolute Gasteiger partial charge is 0.380 e. The maximum Gasteiger partial charge on any atom is 0.293 e. The molecule has 1 atom stereocenters. The minimum absolute atomic E-state index is 0.00230. The first-order valence-corrected chi connectivity index (χ1v) is 9.10. The molecule has 0 spiro atoms. The van der Waals surface area contributed by atoms with Crippen LogP contribution < -0.4 is 16.0 Å². The van der Waals surface area contributed by atoms with Gasteiger partial charge in [-0.25, -0.2) is 0 Å². The molecule has 0 radical (unpaired) electrons. The SMILES string of the molecule is CCNc1ccc(C(=O)Nc2ccccc2C(=O)NC(C)CC)cc1[N+](=O)[O-]. The molecule has 2 aromatic carbocycles. The van der Waals surface area contributed by atoms with E-state index in [-0.39, 0.29) is 23.2 Å². The van der Waals surface area contributed by atoms with Gasteiger partial charge in [-0.05, 0) is 44.5 Å². The number of nitrogens with one attached hydrogen (secondary N) is 3. The zero-order valence-electron chi connectivity index (χ0n) is 16.1. The number of nitro groups is 1. The lowest BCUT2D eigenvalue weighted by molar-refractivity contribution is -0.384. The molecule has 2 rings (SSSR count). The smallest absolute Gasteiger partial charge is 0.293 e. The maximum atomic E-state index is 12.6. The number of amides is 2. The second kappa shape index (κ2) is 9.50.